The van der Waals surface area contributed by atoms with Gasteiger partial charge in [-0.1, -0.05) is 11.6 Å². The smallest absolute Gasteiger partial charge is 0.259 e. The summed E-state index contributed by atoms with van der Waals surface area (Å²) in [6.45, 7) is 3.18. The van der Waals surface area contributed by atoms with Crippen LogP contribution in [0.3, 0.4) is 0 Å². The minimum absolute atomic E-state index is 0.148. The maximum atomic E-state index is 12.5. The lowest BCUT2D eigenvalue weighted by atomic mass is 10.1. The lowest BCUT2D eigenvalue weighted by molar-refractivity contribution is -0.114. The number of benzene rings is 2. The molecule has 0 bridgehead atoms. The predicted molar refractivity (Wildman–Crippen MR) is 103 cm³/mol. The van der Waals surface area contributed by atoms with E-state index in [0.717, 1.165) is 5.56 Å². The van der Waals surface area contributed by atoms with Crippen molar-refractivity contribution in [3.63, 3.8) is 0 Å². The largest absolute Gasteiger partial charge is 0.461 e. The highest BCUT2D eigenvalue weighted by molar-refractivity contribution is 6.30. The molecule has 26 heavy (non-hydrogen) atoms. The molecule has 3 rings (SSSR count). The molecule has 6 heteroatoms. The number of halogens is 1. The van der Waals surface area contributed by atoms with E-state index in [0.29, 0.717) is 33.5 Å². The van der Waals surface area contributed by atoms with Gasteiger partial charge in [0.15, 0.2) is 0 Å². The van der Waals surface area contributed by atoms with E-state index in [1.807, 2.05) is 12.1 Å². The Bertz CT molecular complexity index is 944. The predicted octanol–water partition coefficient (Wildman–Crippen LogP) is 5.12. The van der Waals surface area contributed by atoms with Crippen LogP contribution in [0.4, 0.5) is 11.4 Å². The van der Waals surface area contributed by atoms with Crippen LogP contribution < -0.4 is 10.6 Å². The fourth-order valence-corrected chi connectivity index (χ4v) is 2.63. The van der Waals surface area contributed by atoms with E-state index in [9.17, 15) is 9.59 Å². The van der Waals surface area contributed by atoms with Gasteiger partial charge in [-0.25, -0.2) is 0 Å². The second kappa shape index (κ2) is 7.45. The molecule has 0 aliphatic carbocycles. The second-order valence-corrected chi connectivity index (χ2v) is 6.24. The fraction of sp³-hybridized carbons (Fsp3) is 0.100. The molecule has 0 saturated carbocycles. The molecule has 3 aromatic rings. The van der Waals surface area contributed by atoms with Crippen molar-refractivity contribution in [1.82, 2.24) is 0 Å². The average Bonchev–Trinajstić information content (AvgIpc) is 2.99. The summed E-state index contributed by atoms with van der Waals surface area (Å²) < 4.78 is 5.71. The average molecular weight is 369 g/mol. The van der Waals surface area contributed by atoms with Crippen molar-refractivity contribution in [3.8, 4) is 11.3 Å². The van der Waals surface area contributed by atoms with Gasteiger partial charge in [-0.3, -0.25) is 9.59 Å². The first-order valence-corrected chi connectivity index (χ1v) is 8.35. The highest BCUT2D eigenvalue weighted by Gasteiger charge is 2.16. The van der Waals surface area contributed by atoms with Crippen LogP contribution in [-0.4, -0.2) is 11.8 Å². The summed E-state index contributed by atoms with van der Waals surface area (Å²) in [7, 11) is 0. The first-order valence-electron chi connectivity index (χ1n) is 7.98. The van der Waals surface area contributed by atoms with Gasteiger partial charge in [0.2, 0.25) is 5.91 Å². The van der Waals surface area contributed by atoms with Crippen LogP contribution in [0.1, 0.15) is 23.0 Å². The molecule has 1 heterocycles. The molecule has 0 saturated heterocycles. The summed E-state index contributed by atoms with van der Waals surface area (Å²) in [5.74, 6) is 0.719. The van der Waals surface area contributed by atoms with E-state index < -0.39 is 0 Å². The molecular weight excluding hydrogens is 352 g/mol. The summed E-state index contributed by atoms with van der Waals surface area (Å²) in [6.07, 6.45) is 0. The molecule has 0 spiro atoms. The zero-order chi connectivity index (χ0) is 18.7. The Hall–Kier alpha value is -3.05. The van der Waals surface area contributed by atoms with Crippen LogP contribution in [-0.2, 0) is 4.79 Å². The number of anilines is 2. The van der Waals surface area contributed by atoms with E-state index in [-0.39, 0.29) is 11.8 Å². The molecular formula is C20H17ClN2O3. The van der Waals surface area contributed by atoms with Crippen molar-refractivity contribution < 1.29 is 14.0 Å². The molecule has 0 fully saturated rings. The van der Waals surface area contributed by atoms with Gasteiger partial charge < -0.3 is 15.1 Å². The Morgan fingerprint density at radius 2 is 1.50 bits per heavy atom. The topological polar surface area (TPSA) is 71.3 Å². The molecule has 5 nitrogen and oxygen atoms in total. The first-order chi connectivity index (χ1) is 12.4. The van der Waals surface area contributed by atoms with Crippen molar-refractivity contribution in [2.75, 3.05) is 10.6 Å². The number of hydrogen-bond donors (Lipinski definition) is 2. The fourth-order valence-electron chi connectivity index (χ4n) is 2.50. The van der Waals surface area contributed by atoms with E-state index >= 15 is 0 Å². The summed E-state index contributed by atoms with van der Waals surface area (Å²) in [5.41, 5.74) is 2.59. The number of carbonyl (C=O) groups is 2. The van der Waals surface area contributed by atoms with Gasteiger partial charge in [0.05, 0.1) is 5.56 Å². The van der Waals surface area contributed by atoms with Crippen molar-refractivity contribution in [2.24, 2.45) is 0 Å². The number of rotatable bonds is 4. The maximum Gasteiger partial charge on any atom is 0.259 e. The van der Waals surface area contributed by atoms with Crippen molar-refractivity contribution in [3.05, 3.63) is 70.9 Å². The van der Waals surface area contributed by atoms with Crippen LogP contribution in [0, 0.1) is 6.92 Å². The van der Waals surface area contributed by atoms with Crippen LogP contribution in [0.5, 0.6) is 0 Å². The van der Waals surface area contributed by atoms with Gasteiger partial charge in [-0.15, -0.1) is 0 Å². The van der Waals surface area contributed by atoms with Crippen LogP contribution in [0.2, 0.25) is 5.02 Å². The van der Waals surface area contributed by atoms with Gasteiger partial charge in [0.25, 0.3) is 5.91 Å². The summed E-state index contributed by atoms with van der Waals surface area (Å²) in [4.78, 5) is 23.6. The summed E-state index contributed by atoms with van der Waals surface area (Å²) in [6, 6.07) is 15.8. The molecule has 0 radical (unpaired) electrons. The summed E-state index contributed by atoms with van der Waals surface area (Å²) >= 11 is 5.90. The third-order valence-corrected chi connectivity index (χ3v) is 4.01. The zero-order valence-electron chi connectivity index (χ0n) is 14.3. The second-order valence-electron chi connectivity index (χ2n) is 5.80. The molecule has 132 valence electrons. The first kappa shape index (κ1) is 17.8. The normalized spacial score (nSPS) is 10.4. The molecule has 0 atom stereocenters. The minimum atomic E-state index is -0.265. The highest BCUT2D eigenvalue weighted by Crippen LogP contribution is 2.27. The Labute approximate surface area is 156 Å². The highest BCUT2D eigenvalue weighted by atomic mass is 35.5. The molecule has 0 aliphatic heterocycles. The van der Waals surface area contributed by atoms with Crippen molar-refractivity contribution >= 4 is 34.8 Å². The van der Waals surface area contributed by atoms with E-state index in [1.165, 1.54) is 6.92 Å². The monoisotopic (exact) mass is 368 g/mol. The van der Waals surface area contributed by atoms with E-state index in [1.54, 1.807) is 49.4 Å². The van der Waals surface area contributed by atoms with Crippen LogP contribution in [0.25, 0.3) is 11.3 Å². The van der Waals surface area contributed by atoms with Crippen molar-refractivity contribution in [1.29, 1.82) is 0 Å². The number of aryl methyl sites for hydroxylation is 1. The van der Waals surface area contributed by atoms with Gasteiger partial charge in [0.1, 0.15) is 11.5 Å². The standard InChI is InChI=1S/C20H17ClN2O3/c1-12-18(11-19(26-12)14-3-5-15(21)6-4-14)20(25)23-17-9-7-16(8-10-17)22-13(2)24/h3-11H,1-2H3,(H,22,24)(H,23,25). The molecule has 2 aromatic carbocycles. The molecule has 2 amide bonds. The number of hydrogen-bond acceptors (Lipinski definition) is 3. The van der Waals surface area contributed by atoms with Crippen LogP contribution >= 0.6 is 11.6 Å². The van der Waals surface area contributed by atoms with Crippen LogP contribution in [0.15, 0.2) is 59.0 Å². The van der Waals surface area contributed by atoms with E-state index in [4.69, 9.17) is 16.0 Å². The molecule has 0 unspecified atom stereocenters. The number of amides is 2. The third-order valence-electron chi connectivity index (χ3n) is 3.75. The maximum absolute atomic E-state index is 12.5. The summed E-state index contributed by atoms with van der Waals surface area (Å²) in [5, 5.41) is 6.13. The lowest BCUT2D eigenvalue weighted by Gasteiger charge is -2.06. The third kappa shape index (κ3) is 4.13. The number of carbonyl (C=O) groups excluding carboxylic acids is 2. The van der Waals surface area contributed by atoms with Crippen molar-refractivity contribution in [2.45, 2.75) is 13.8 Å². The number of nitrogens with one attached hydrogen (secondary N) is 2. The van der Waals surface area contributed by atoms with Gasteiger partial charge in [-0.2, -0.15) is 0 Å². The van der Waals surface area contributed by atoms with Gasteiger partial charge in [-0.05, 0) is 61.5 Å². The molecule has 1 aromatic heterocycles. The Kier molecular flexibility index (Phi) is 5.09. The van der Waals surface area contributed by atoms with Gasteiger partial charge in [0, 0.05) is 28.9 Å². The quantitative estimate of drug-likeness (QED) is 0.671. The molecule has 2 N–H and O–H groups in total. The Morgan fingerprint density at radius 3 is 2.08 bits per heavy atom. The Morgan fingerprint density at radius 1 is 0.923 bits per heavy atom. The number of furan rings is 1. The molecule has 0 aliphatic rings. The zero-order valence-corrected chi connectivity index (χ0v) is 15.1. The minimum Gasteiger partial charge on any atom is -0.461 e. The van der Waals surface area contributed by atoms with E-state index in [2.05, 4.69) is 10.6 Å². The van der Waals surface area contributed by atoms with Gasteiger partial charge >= 0.3 is 0 Å². The lowest BCUT2D eigenvalue weighted by Crippen LogP contribution is -2.12. The SMILES string of the molecule is CC(=O)Nc1ccc(NC(=O)c2cc(-c3ccc(Cl)cc3)oc2C)cc1. The Balaban J connectivity index is 1.75.